The number of hydrogen-bond donors (Lipinski definition) is 0. The highest BCUT2D eigenvalue weighted by Gasteiger charge is 2.22. The molecule has 4 nitrogen and oxygen atoms in total. The molecule has 2 aliphatic rings. The van der Waals surface area contributed by atoms with Gasteiger partial charge in [-0.1, -0.05) is 11.8 Å². The van der Waals surface area contributed by atoms with Gasteiger partial charge in [0.25, 0.3) is 0 Å². The van der Waals surface area contributed by atoms with E-state index in [-0.39, 0.29) is 5.78 Å². The summed E-state index contributed by atoms with van der Waals surface area (Å²) in [5.41, 5.74) is 1.39. The van der Waals surface area contributed by atoms with E-state index >= 15 is 0 Å². The number of fused-ring (bicyclic) bond motifs is 1. The molecule has 2 heterocycles. The summed E-state index contributed by atoms with van der Waals surface area (Å²) in [5.74, 6) is 0.677. The zero-order valence-corrected chi connectivity index (χ0v) is 9.08. The zero-order valence-electron chi connectivity index (χ0n) is 8.27. The molecule has 0 aromatic rings. The lowest BCUT2D eigenvalue weighted by Crippen LogP contribution is -2.33. The monoisotopic (exact) mass is 222 g/mol. The Morgan fingerprint density at radius 1 is 1.67 bits per heavy atom. The molecule has 0 aromatic heterocycles. The number of thioether (sulfide) groups is 1. The van der Waals surface area contributed by atoms with Crippen molar-refractivity contribution in [2.24, 2.45) is 4.99 Å². The lowest BCUT2D eigenvalue weighted by molar-refractivity contribution is -0.113. The molecule has 0 atom stereocenters. The molecule has 5 heteroatoms. The van der Waals surface area contributed by atoms with E-state index in [2.05, 4.69) is 4.99 Å². The fraction of sp³-hybridized carbons (Fsp3) is 0.300. The molecule has 0 N–H and O–H groups in total. The first kappa shape index (κ1) is 10.2. The number of Topliss-reactive ketones (excluding diaryl/α,β-unsaturated/α-hetero) is 1. The molecule has 0 radical (unpaired) electrons. The molecule has 0 saturated heterocycles. The van der Waals surface area contributed by atoms with Crippen molar-refractivity contribution in [1.29, 1.82) is 0 Å². The molecule has 0 spiro atoms. The van der Waals surface area contributed by atoms with Gasteiger partial charge < -0.3 is 4.90 Å². The maximum atomic E-state index is 11.2. The van der Waals surface area contributed by atoms with Gasteiger partial charge in [0.2, 0.25) is 0 Å². The van der Waals surface area contributed by atoms with Crippen LogP contribution in [-0.2, 0) is 9.59 Å². The highest BCUT2D eigenvalue weighted by atomic mass is 32.2. The normalized spacial score (nSPS) is 19.8. The first-order valence-corrected chi connectivity index (χ1v) is 5.52. The standard InChI is InChI=1S/C10H10N2O2S/c1-7(14)9-2-11-10-12(4-9)3-8(5-13)6-15-10/h2-3,5H,4,6H2,1H3. The summed E-state index contributed by atoms with van der Waals surface area (Å²) in [6, 6.07) is 0. The number of amidine groups is 1. The van der Waals surface area contributed by atoms with Crippen LogP contribution in [0.15, 0.2) is 28.5 Å². The maximum Gasteiger partial charge on any atom is 0.168 e. The molecular weight excluding hydrogens is 212 g/mol. The van der Waals surface area contributed by atoms with Gasteiger partial charge in [-0.3, -0.25) is 9.59 Å². The van der Waals surface area contributed by atoms with E-state index in [0.29, 0.717) is 17.9 Å². The molecule has 78 valence electrons. The van der Waals surface area contributed by atoms with Gasteiger partial charge in [-0.15, -0.1) is 0 Å². The molecule has 2 aliphatic heterocycles. The van der Waals surface area contributed by atoms with Gasteiger partial charge in [0.15, 0.2) is 11.0 Å². The van der Waals surface area contributed by atoms with Crippen LogP contribution in [0.5, 0.6) is 0 Å². The van der Waals surface area contributed by atoms with Crippen LogP contribution < -0.4 is 0 Å². The average Bonchev–Trinajstić information content (AvgIpc) is 2.27. The number of ketones is 1. The third kappa shape index (κ3) is 2.02. The summed E-state index contributed by atoms with van der Waals surface area (Å²) >= 11 is 1.51. The predicted molar refractivity (Wildman–Crippen MR) is 59.5 cm³/mol. The van der Waals surface area contributed by atoms with Crippen molar-refractivity contribution in [2.75, 3.05) is 12.3 Å². The third-order valence-electron chi connectivity index (χ3n) is 2.21. The summed E-state index contributed by atoms with van der Waals surface area (Å²) < 4.78 is 0. The van der Waals surface area contributed by atoms with Crippen LogP contribution in [0.2, 0.25) is 0 Å². The minimum Gasteiger partial charge on any atom is -0.323 e. The fourth-order valence-corrected chi connectivity index (χ4v) is 2.22. The number of carbonyl (C=O) groups excluding carboxylic acids is 2. The van der Waals surface area contributed by atoms with E-state index in [0.717, 1.165) is 17.0 Å². The van der Waals surface area contributed by atoms with Crippen LogP contribution in [0, 0.1) is 0 Å². The van der Waals surface area contributed by atoms with Gasteiger partial charge in [-0.25, -0.2) is 4.99 Å². The van der Waals surface area contributed by atoms with Gasteiger partial charge in [0.05, 0.1) is 6.54 Å². The van der Waals surface area contributed by atoms with E-state index in [4.69, 9.17) is 0 Å². The summed E-state index contributed by atoms with van der Waals surface area (Å²) in [6.45, 7) is 2.03. The van der Waals surface area contributed by atoms with Crippen molar-refractivity contribution in [1.82, 2.24) is 4.90 Å². The molecule has 0 amide bonds. The number of nitrogens with zero attached hydrogens (tertiary/aromatic N) is 2. The van der Waals surface area contributed by atoms with E-state index in [1.165, 1.54) is 18.7 Å². The van der Waals surface area contributed by atoms with Crippen LogP contribution in [0.3, 0.4) is 0 Å². The SMILES string of the molecule is CC(=O)C1=CN=C2SCC(C=O)=CN2C1. The Balaban J connectivity index is 2.25. The first-order valence-electron chi connectivity index (χ1n) is 4.54. The third-order valence-corrected chi connectivity index (χ3v) is 3.29. The second kappa shape index (κ2) is 4.02. The highest BCUT2D eigenvalue weighted by Crippen LogP contribution is 2.24. The van der Waals surface area contributed by atoms with E-state index in [1.54, 1.807) is 12.4 Å². The topological polar surface area (TPSA) is 49.7 Å². The number of hydrogen-bond acceptors (Lipinski definition) is 5. The Morgan fingerprint density at radius 3 is 3.13 bits per heavy atom. The molecule has 0 unspecified atom stereocenters. The lowest BCUT2D eigenvalue weighted by Gasteiger charge is -2.28. The zero-order chi connectivity index (χ0) is 10.8. The number of aldehydes is 1. The van der Waals surface area contributed by atoms with E-state index in [9.17, 15) is 9.59 Å². The molecular formula is C10H10N2O2S. The fourth-order valence-electron chi connectivity index (χ4n) is 1.37. The predicted octanol–water partition coefficient (Wildman–Crippen LogP) is 0.960. The van der Waals surface area contributed by atoms with E-state index in [1.807, 2.05) is 4.90 Å². The van der Waals surface area contributed by atoms with Crippen LogP contribution in [0.1, 0.15) is 6.92 Å². The molecule has 0 saturated carbocycles. The van der Waals surface area contributed by atoms with Crippen LogP contribution in [0.25, 0.3) is 0 Å². The van der Waals surface area contributed by atoms with Crippen LogP contribution in [0.4, 0.5) is 0 Å². The Bertz CT molecular complexity index is 410. The first-order chi connectivity index (χ1) is 7.20. The summed E-state index contributed by atoms with van der Waals surface area (Å²) in [6.07, 6.45) is 4.22. The van der Waals surface area contributed by atoms with Crippen molar-refractivity contribution in [3.63, 3.8) is 0 Å². The Kier molecular flexibility index (Phi) is 2.73. The van der Waals surface area contributed by atoms with Gasteiger partial charge in [0.1, 0.15) is 6.29 Å². The second-order valence-electron chi connectivity index (χ2n) is 3.36. The van der Waals surface area contributed by atoms with Crippen molar-refractivity contribution in [3.8, 4) is 0 Å². The van der Waals surface area contributed by atoms with Crippen LogP contribution in [-0.4, -0.2) is 34.4 Å². The van der Waals surface area contributed by atoms with Gasteiger partial charge >= 0.3 is 0 Å². The van der Waals surface area contributed by atoms with Crippen molar-refractivity contribution in [3.05, 3.63) is 23.5 Å². The molecule has 2 rings (SSSR count). The summed E-state index contributed by atoms with van der Waals surface area (Å²) in [7, 11) is 0. The summed E-state index contributed by atoms with van der Waals surface area (Å²) in [4.78, 5) is 27.8. The summed E-state index contributed by atoms with van der Waals surface area (Å²) in [5, 5.41) is 0.852. The van der Waals surface area contributed by atoms with E-state index < -0.39 is 0 Å². The van der Waals surface area contributed by atoms with Gasteiger partial charge in [0, 0.05) is 29.3 Å². The van der Waals surface area contributed by atoms with Crippen molar-refractivity contribution in [2.45, 2.75) is 6.92 Å². The van der Waals surface area contributed by atoms with Crippen LogP contribution >= 0.6 is 11.8 Å². The lowest BCUT2D eigenvalue weighted by atomic mass is 10.2. The Morgan fingerprint density at radius 2 is 2.47 bits per heavy atom. The van der Waals surface area contributed by atoms with Crippen molar-refractivity contribution < 1.29 is 9.59 Å². The average molecular weight is 222 g/mol. The molecule has 0 aromatic carbocycles. The number of carbonyl (C=O) groups is 2. The quantitative estimate of drug-likeness (QED) is 0.653. The maximum absolute atomic E-state index is 11.2. The number of aliphatic imine (C=N–C) groups is 1. The Hall–Kier alpha value is -1.36. The molecule has 0 fully saturated rings. The molecule has 15 heavy (non-hydrogen) atoms. The number of rotatable bonds is 2. The highest BCUT2D eigenvalue weighted by molar-refractivity contribution is 8.14. The Labute approximate surface area is 91.7 Å². The minimum absolute atomic E-state index is 0.0226. The minimum atomic E-state index is 0.0226. The van der Waals surface area contributed by atoms with Crippen molar-refractivity contribution >= 4 is 29.0 Å². The smallest absolute Gasteiger partial charge is 0.168 e. The van der Waals surface area contributed by atoms with Gasteiger partial charge in [-0.2, -0.15) is 0 Å². The van der Waals surface area contributed by atoms with Gasteiger partial charge in [-0.05, 0) is 6.92 Å². The largest absolute Gasteiger partial charge is 0.323 e. The molecule has 0 aliphatic carbocycles. The second-order valence-corrected chi connectivity index (χ2v) is 4.30. The molecule has 0 bridgehead atoms.